The van der Waals surface area contributed by atoms with Crippen molar-refractivity contribution in [1.29, 1.82) is 0 Å². The van der Waals surface area contributed by atoms with E-state index in [2.05, 4.69) is 27.8 Å². The van der Waals surface area contributed by atoms with Crippen LogP contribution >= 0.6 is 0 Å². The van der Waals surface area contributed by atoms with E-state index in [9.17, 15) is 9.00 Å². The molecule has 7 heteroatoms. The lowest BCUT2D eigenvalue weighted by molar-refractivity contribution is -0.127. The van der Waals surface area contributed by atoms with Gasteiger partial charge in [0.2, 0.25) is 5.91 Å². The smallest absolute Gasteiger partial charge is 0.223 e. The molecule has 0 bridgehead atoms. The molecule has 1 aliphatic rings. The Balaban J connectivity index is 1.36. The van der Waals surface area contributed by atoms with Crippen molar-refractivity contribution in [3.63, 3.8) is 0 Å². The Morgan fingerprint density at radius 2 is 1.80 bits per heavy atom. The Morgan fingerprint density at radius 3 is 2.50 bits per heavy atom. The van der Waals surface area contributed by atoms with Crippen molar-refractivity contribution < 1.29 is 9.00 Å². The van der Waals surface area contributed by atoms with Crippen LogP contribution in [-0.2, 0) is 22.0 Å². The third kappa shape index (κ3) is 6.69. The Bertz CT molecular complexity index is 858. The van der Waals surface area contributed by atoms with Gasteiger partial charge in [-0.2, -0.15) is 0 Å². The summed E-state index contributed by atoms with van der Waals surface area (Å²) < 4.78 is 12.3. The first-order valence-electron chi connectivity index (χ1n) is 10.4. The summed E-state index contributed by atoms with van der Waals surface area (Å²) in [7, 11) is 0.686. The number of benzene rings is 2. The molecular weight excluding hydrogens is 396 g/mol. The van der Waals surface area contributed by atoms with Crippen molar-refractivity contribution in [3.05, 3.63) is 66.2 Å². The second kappa shape index (κ2) is 11.5. The first-order chi connectivity index (χ1) is 14.7. The predicted octanol–water partition coefficient (Wildman–Crippen LogP) is 2.05. The normalized spacial score (nSPS) is 17.8. The number of rotatable bonds is 9. The SMILES string of the molecule is CN=C(NCCS(=O)c1ccccc1)NCC1CC(=O)N(CCc2ccccc2)C1. The number of carbonyl (C=O) groups is 1. The molecule has 2 N–H and O–H groups in total. The molecule has 2 aromatic carbocycles. The number of hydrogen-bond acceptors (Lipinski definition) is 3. The zero-order chi connectivity index (χ0) is 21.2. The van der Waals surface area contributed by atoms with Crippen LogP contribution < -0.4 is 10.6 Å². The second-order valence-corrected chi connectivity index (χ2v) is 8.96. The fraction of sp³-hybridized carbons (Fsp3) is 0.391. The molecule has 1 heterocycles. The monoisotopic (exact) mass is 426 g/mol. The zero-order valence-electron chi connectivity index (χ0n) is 17.4. The third-order valence-corrected chi connectivity index (χ3v) is 6.55. The van der Waals surface area contributed by atoms with Crippen molar-refractivity contribution in [2.45, 2.75) is 17.7 Å². The van der Waals surface area contributed by atoms with E-state index in [0.717, 1.165) is 24.4 Å². The maximum absolute atomic E-state index is 12.3. The van der Waals surface area contributed by atoms with Crippen LogP contribution in [0.3, 0.4) is 0 Å². The van der Waals surface area contributed by atoms with E-state index in [-0.39, 0.29) is 11.8 Å². The molecule has 2 unspecified atom stereocenters. The summed E-state index contributed by atoms with van der Waals surface area (Å²) >= 11 is 0. The van der Waals surface area contributed by atoms with E-state index in [1.165, 1.54) is 5.56 Å². The Hall–Kier alpha value is -2.67. The van der Waals surface area contributed by atoms with E-state index < -0.39 is 10.8 Å². The molecule has 0 aliphatic carbocycles. The van der Waals surface area contributed by atoms with Crippen molar-refractivity contribution in [2.24, 2.45) is 10.9 Å². The molecule has 160 valence electrons. The minimum atomic E-state index is -1.03. The van der Waals surface area contributed by atoms with Crippen LogP contribution in [0.1, 0.15) is 12.0 Å². The number of hydrogen-bond donors (Lipinski definition) is 2. The standard InChI is InChI=1S/C23H30N4O2S/c1-24-23(25-13-15-30(29)21-10-6-3-7-11-21)26-17-20-16-22(28)27(18-20)14-12-19-8-4-2-5-9-19/h2-11,20H,12-18H2,1H3,(H2,24,25,26). The Morgan fingerprint density at radius 1 is 1.10 bits per heavy atom. The molecule has 2 aromatic rings. The molecule has 2 atom stereocenters. The number of nitrogens with zero attached hydrogens (tertiary/aromatic N) is 2. The van der Waals surface area contributed by atoms with Gasteiger partial charge in [0.1, 0.15) is 0 Å². The highest BCUT2D eigenvalue weighted by Crippen LogP contribution is 2.17. The lowest BCUT2D eigenvalue weighted by atomic mass is 10.1. The lowest BCUT2D eigenvalue weighted by Gasteiger charge is -2.18. The molecule has 30 heavy (non-hydrogen) atoms. The van der Waals surface area contributed by atoms with E-state index in [1.807, 2.05) is 53.4 Å². The molecule has 1 fully saturated rings. The zero-order valence-corrected chi connectivity index (χ0v) is 18.2. The van der Waals surface area contributed by atoms with Crippen LogP contribution in [0, 0.1) is 5.92 Å². The molecule has 1 saturated heterocycles. The fourth-order valence-corrected chi connectivity index (χ4v) is 4.51. The maximum Gasteiger partial charge on any atom is 0.223 e. The average Bonchev–Trinajstić information content (AvgIpc) is 3.15. The van der Waals surface area contributed by atoms with Crippen molar-refractivity contribution in [2.75, 3.05) is 39.0 Å². The predicted molar refractivity (Wildman–Crippen MR) is 122 cm³/mol. The summed E-state index contributed by atoms with van der Waals surface area (Å²) in [5, 5.41) is 6.51. The maximum atomic E-state index is 12.3. The summed E-state index contributed by atoms with van der Waals surface area (Å²) in [6.45, 7) is 2.79. The average molecular weight is 427 g/mol. The highest BCUT2D eigenvalue weighted by atomic mass is 32.2. The fourth-order valence-electron chi connectivity index (χ4n) is 3.53. The number of nitrogens with one attached hydrogen (secondary N) is 2. The van der Waals surface area contributed by atoms with Crippen molar-refractivity contribution in [1.82, 2.24) is 15.5 Å². The van der Waals surface area contributed by atoms with E-state index >= 15 is 0 Å². The van der Waals surface area contributed by atoms with Crippen molar-refractivity contribution in [3.8, 4) is 0 Å². The minimum Gasteiger partial charge on any atom is -0.356 e. The van der Waals surface area contributed by atoms with Gasteiger partial charge < -0.3 is 15.5 Å². The third-order valence-electron chi connectivity index (χ3n) is 5.18. The minimum absolute atomic E-state index is 0.221. The number of guanidine groups is 1. The number of likely N-dealkylation sites (tertiary alicyclic amines) is 1. The van der Waals surface area contributed by atoms with Gasteiger partial charge in [0.15, 0.2) is 5.96 Å². The highest BCUT2D eigenvalue weighted by Gasteiger charge is 2.29. The molecule has 0 radical (unpaired) electrons. The summed E-state index contributed by atoms with van der Waals surface area (Å²) in [5.74, 6) is 1.68. The van der Waals surface area contributed by atoms with E-state index in [0.29, 0.717) is 31.2 Å². The van der Waals surface area contributed by atoms with Gasteiger partial charge in [-0.25, -0.2) is 0 Å². The molecule has 1 aliphatic heterocycles. The first kappa shape index (κ1) is 22.0. The van der Waals surface area contributed by atoms with E-state index in [1.54, 1.807) is 7.05 Å². The topological polar surface area (TPSA) is 73.8 Å². The van der Waals surface area contributed by atoms with Crippen LogP contribution in [0.25, 0.3) is 0 Å². The van der Waals surface area contributed by atoms with E-state index in [4.69, 9.17) is 0 Å². The first-order valence-corrected chi connectivity index (χ1v) is 11.7. The summed E-state index contributed by atoms with van der Waals surface area (Å²) in [6, 6.07) is 19.7. The summed E-state index contributed by atoms with van der Waals surface area (Å²) in [4.78, 5) is 19.3. The molecule has 6 nitrogen and oxygen atoms in total. The van der Waals surface area contributed by atoms with Gasteiger partial charge in [0.05, 0.1) is 10.8 Å². The van der Waals surface area contributed by atoms with Crippen molar-refractivity contribution >= 4 is 22.7 Å². The van der Waals surface area contributed by atoms with Crippen LogP contribution in [0.4, 0.5) is 0 Å². The molecule has 3 rings (SSSR count). The highest BCUT2D eigenvalue weighted by molar-refractivity contribution is 7.85. The second-order valence-electron chi connectivity index (χ2n) is 7.39. The van der Waals surface area contributed by atoms with Crippen LogP contribution in [0.15, 0.2) is 70.6 Å². The van der Waals surface area contributed by atoms with Crippen LogP contribution in [0.5, 0.6) is 0 Å². The van der Waals surface area contributed by atoms with Gasteiger partial charge >= 0.3 is 0 Å². The Kier molecular flexibility index (Phi) is 8.44. The van der Waals surface area contributed by atoms with Gasteiger partial charge in [0.25, 0.3) is 0 Å². The molecule has 1 amide bonds. The van der Waals surface area contributed by atoms with Crippen LogP contribution in [-0.4, -0.2) is 60.0 Å². The largest absolute Gasteiger partial charge is 0.356 e. The van der Waals surface area contributed by atoms with Gasteiger partial charge in [-0.1, -0.05) is 48.5 Å². The Labute approximate surface area is 181 Å². The number of carbonyl (C=O) groups excluding carboxylic acids is 1. The van der Waals surface area contributed by atoms with Gasteiger partial charge in [-0.3, -0.25) is 14.0 Å². The molecule has 0 saturated carbocycles. The quantitative estimate of drug-likeness (QED) is 0.475. The molecule has 0 spiro atoms. The number of amides is 1. The van der Waals surface area contributed by atoms with Gasteiger partial charge in [-0.05, 0) is 24.1 Å². The van der Waals surface area contributed by atoms with Crippen LogP contribution in [0.2, 0.25) is 0 Å². The number of aliphatic imine (C=N–C) groups is 1. The van der Waals surface area contributed by atoms with Gasteiger partial charge in [0, 0.05) is 56.2 Å². The van der Waals surface area contributed by atoms with Gasteiger partial charge in [-0.15, -0.1) is 0 Å². The summed E-state index contributed by atoms with van der Waals surface area (Å²) in [6.07, 6.45) is 1.45. The molecule has 0 aromatic heterocycles. The molecular formula is C23H30N4O2S. The lowest BCUT2D eigenvalue weighted by Crippen LogP contribution is -2.41. The summed E-state index contributed by atoms with van der Waals surface area (Å²) in [5.41, 5.74) is 1.25.